The molecule has 0 bridgehead atoms. The quantitative estimate of drug-likeness (QED) is 0.298. The fourth-order valence-electron chi connectivity index (χ4n) is 9.60. The van der Waals surface area contributed by atoms with Crippen molar-refractivity contribution >= 4 is 17.6 Å². The summed E-state index contributed by atoms with van der Waals surface area (Å²) in [6.07, 6.45) is 11.6. The first-order chi connectivity index (χ1) is 18.2. The van der Waals surface area contributed by atoms with Gasteiger partial charge in [-0.1, -0.05) is 31.5 Å². The lowest BCUT2D eigenvalue weighted by Crippen LogP contribution is -2.55. The minimum Gasteiger partial charge on any atom is -0.377 e. The number of allylic oxidation sites excluding steroid dienone is 1. The van der Waals surface area contributed by atoms with Gasteiger partial charge in [0.1, 0.15) is 0 Å². The van der Waals surface area contributed by atoms with Gasteiger partial charge in [-0.15, -0.1) is 0 Å². The summed E-state index contributed by atoms with van der Waals surface area (Å²) in [5, 5.41) is 8.05. The zero-order valence-corrected chi connectivity index (χ0v) is 23.8. The van der Waals surface area contributed by atoms with Crippen LogP contribution in [-0.4, -0.2) is 60.9 Å². The Labute approximate surface area is 228 Å². The van der Waals surface area contributed by atoms with Gasteiger partial charge in [-0.05, 0) is 105 Å². The molecule has 1 N–H and O–H groups in total. The van der Waals surface area contributed by atoms with Crippen molar-refractivity contribution in [2.24, 2.45) is 45.6 Å². The maximum absolute atomic E-state index is 13.2. The first kappa shape index (κ1) is 26.5. The third kappa shape index (κ3) is 4.36. The molecule has 6 aliphatic rings. The van der Waals surface area contributed by atoms with Crippen LogP contribution in [0.4, 0.5) is 4.79 Å². The summed E-state index contributed by atoms with van der Waals surface area (Å²) in [6.45, 7) is 12.1. The average molecular weight is 526 g/mol. The number of hydrogen-bond acceptors (Lipinski definition) is 6. The van der Waals surface area contributed by atoms with E-state index in [1.54, 1.807) is 0 Å². The Morgan fingerprint density at radius 3 is 2.66 bits per heavy atom. The second-order valence-corrected chi connectivity index (χ2v) is 13.9. The molecule has 2 saturated heterocycles. The van der Waals surface area contributed by atoms with Gasteiger partial charge in [0, 0.05) is 24.9 Å². The average Bonchev–Trinajstić information content (AvgIpc) is 3.43. The first-order valence-corrected chi connectivity index (χ1v) is 15.3. The number of carbonyl (C=O) groups is 2. The van der Waals surface area contributed by atoms with E-state index in [0.717, 1.165) is 43.9 Å². The van der Waals surface area contributed by atoms with Gasteiger partial charge in [-0.2, -0.15) is 0 Å². The number of nitrogens with one attached hydrogen (secondary N) is 1. The van der Waals surface area contributed by atoms with E-state index in [9.17, 15) is 9.59 Å². The van der Waals surface area contributed by atoms with Crippen molar-refractivity contribution in [3.05, 3.63) is 11.6 Å². The van der Waals surface area contributed by atoms with Crippen molar-refractivity contribution in [1.82, 2.24) is 10.2 Å². The molecule has 1 amide bonds. The number of fused-ring (bicyclic) bond motifs is 5. The minimum atomic E-state index is -0.340. The van der Waals surface area contributed by atoms with Crippen molar-refractivity contribution in [2.75, 3.05) is 26.3 Å². The summed E-state index contributed by atoms with van der Waals surface area (Å²) in [4.78, 5) is 32.9. The maximum atomic E-state index is 13.2. The Hall–Kier alpha value is -1.73. The lowest BCUT2D eigenvalue weighted by molar-refractivity contribution is -0.117. The molecule has 7 heteroatoms. The van der Waals surface area contributed by atoms with Crippen LogP contribution >= 0.6 is 0 Å². The van der Waals surface area contributed by atoms with Crippen LogP contribution in [-0.2, 0) is 14.4 Å². The van der Waals surface area contributed by atoms with Gasteiger partial charge in [0.25, 0.3) is 0 Å². The van der Waals surface area contributed by atoms with Crippen molar-refractivity contribution in [2.45, 2.75) is 97.6 Å². The highest BCUT2D eigenvalue weighted by molar-refractivity contribution is 5.91. The van der Waals surface area contributed by atoms with E-state index in [-0.39, 0.29) is 23.0 Å². The molecule has 3 saturated carbocycles. The summed E-state index contributed by atoms with van der Waals surface area (Å²) in [7, 11) is 0. The van der Waals surface area contributed by atoms with Crippen LogP contribution in [0.3, 0.4) is 0 Å². The molecule has 2 unspecified atom stereocenters. The molecular formula is C31H47N3O4. The van der Waals surface area contributed by atoms with Crippen molar-refractivity contribution in [3.63, 3.8) is 0 Å². The fourth-order valence-corrected chi connectivity index (χ4v) is 9.60. The van der Waals surface area contributed by atoms with Gasteiger partial charge in [0.05, 0.1) is 25.0 Å². The van der Waals surface area contributed by atoms with Crippen LogP contribution in [0.25, 0.3) is 0 Å². The Morgan fingerprint density at radius 2 is 1.95 bits per heavy atom. The lowest BCUT2D eigenvalue weighted by atomic mass is 9.46. The Balaban J connectivity index is 1.14. The van der Waals surface area contributed by atoms with E-state index in [0.29, 0.717) is 61.7 Å². The van der Waals surface area contributed by atoms with Gasteiger partial charge in [-0.3, -0.25) is 14.5 Å². The van der Waals surface area contributed by atoms with Gasteiger partial charge in [-0.25, -0.2) is 4.79 Å². The first-order valence-electron chi connectivity index (χ1n) is 15.3. The molecule has 2 aliphatic heterocycles. The van der Waals surface area contributed by atoms with E-state index >= 15 is 0 Å². The van der Waals surface area contributed by atoms with Crippen LogP contribution in [0.5, 0.6) is 0 Å². The predicted molar refractivity (Wildman–Crippen MR) is 147 cm³/mol. The summed E-state index contributed by atoms with van der Waals surface area (Å²) in [6, 6.07) is 0.380. The van der Waals surface area contributed by atoms with Crippen LogP contribution in [0, 0.1) is 40.4 Å². The van der Waals surface area contributed by atoms with E-state index < -0.39 is 0 Å². The number of nitrogens with zero attached hydrogens (tertiary/aromatic N) is 2. The Kier molecular flexibility index (Phi) is 6.99. The van der Waals surface area contributed by atoms with E-state index in [4.69, 9.17) is 9.57 Å². The summed E-state index contributed by atoms with van der Waals surface area (Å²) < 4.78 is 5.40. The van der Waals surface area contributed by atoms with Gasteiger partial charge in [0.15, 0.2) is 5.78 Å². The maximum Gasteiger partial charge on any atom is 0.436 e. The molecular weight excluding hydrogens is 478 g/mol. The molecule has 210 valence electrons. The van der Waals surface area contributed by atoms with Crippen LogP contribution in [0.2, 0.25) is 0 Å². The Morgan fingerprint density at radius 1 is 1.13 bits per heavy atom. The van der Waals surface area contributed by atoms with Gasteiger partial charge < -0.3 is 10.1 Å². The normalized spacial score (nSPS) is 43.0. The summed E-state index contributed by atoms with van der Waals surface area (Å²) in [5.74, 6) is 3.32. The van der Waals surface area contributed by atoms with Crippen LogP contribution < -0.4 is 5.32 Å². The molecule has 0 radical (unpaired) electrons. The topological polar surface area (TPSA) is 80.2 Å². The molecule has 0 aromatic carbocycles. The van der Waals surface area contributed by atoms with Crippen LogP contribution in [0.15, 0.2) is 16.8 Å². The number of hydrogen-bond donors (Lipinski definition) is 1. The smallest absolute Gasteiger partial charge is 0.377 e. The molecule has 2 heterocycles. The zero-order valence-electron chi connectivity index (χ0n) is 23.8. The fraction of sp³-hybridized carbons (Fsp3) is 0.839. The molecule has 8 atom stereocenters. The second-order valence-electron chi connectivity index (χ2n) is 13.9. The lowest BCUT2D eigenvalue weighted by Gasteiger charge is -2.58. The number of rotatable bonds is 5. The SMILES string of the molecule is C/C(=N\OC(=O)N(CC1NCCC1C)C1COC1)[C@H]1CC[C@H]2[C@@H]3CCC4=CC(=O)CC[C@]4(C)[C@H]3CC[C@]12C. The predicted octanol–water partition coefficient (Wildman–Crippen LogP) is 5.35. The number of amides is 1. The highest BCUT2D eigenvalue weighted by Crippen LogP contribution is 2.66. The molecule has 7 nitrogen and oxygen atoms in total. The van der Waals surface area contributed by atoms with E-state index in [1.807, 2.05) is 11.0 Å². The highest BCUT2D eigenvalue weighted by atomic mass is 16.7. The summed E-state index contributed by atoms with van der Waals surface area (Å²) >= 11 is 0. The number of ether oxygens (including phenoxy) is 1. The van der Waals surface area contributed by atoms with E-state index in [2.05, 4.69) is 38.2 Å². The second kappa shape index (κ2) is 10.0. The molecule has 0 spiro atoms. The van der Waals surface area contributed by atoms with Gasteiger partial charge >= 0.3 is 6.09 Å². The van der Waals surface area contributed by atoms with Gasteiger partial charge in [0.2, 0.25) is 0 Å². The number of carbonyl (C=O) groups excluding carboxylic acids is 2. The molecule has 5 fully saturated rings. The highest BCUT2D eigenvalue weighted by Gasteiger charge is 2.59. The third-order valence-electron chi connectivity index (χ3n) is 12.1. The van der Waals surface area contributed by atoms with E-state index in [1.165, 1.54) is 31.3 Å². The number of ketones is 1. The Bertz CT molecular complexity index is 1020. The zero-order chi connectivity index (χ0) is 26.7. The molecule has 4 aliphatic carbocycles. The minimum absolute atomic E-state index is 0.0814. The van der Waals surface area contributed by atoms with Crippen molar-refractivity contribution in [1.29, 1.82) is 0 Å². The van der Waals surface area contributed by atoms with Crippen LogP contribution in [0.1, 0.15) is 85.5 Å². The standard InChI is InChI=1S/C31H47N3O4/c1-19-11-14-32-28(19)16-34(22-17-37-18-22)29(36)38-33-20(2)25-7-8-26-24-6-5-21-15-23(35)9-12-30(21,3)27(24)10-13-31(25,26)4/h15,19,22,24-28,32H,5-14,16-18H2,1-4H3/b33-20+/t19?,24-,25+,26-,27-,28?,30-,31+/m0/s1. The van der Waals surface area contributed by atoms with Crippen molar-refractivity contribution in [3.8, 4) is 0 Å². The largest absolute Gasteiger partial charge is 0.436 e. The molecule has 0 aromatic rings. The monoisotopic (exact) mass is 525 g/mol. The third-order valence-corrected chi connectivity index (χ3v) is 12.1. The number of oxime groups is 1. The molecule has 38 heavy (non-hydrogen) atoms. The molecule has 6 rings (SSSR count). The molecule has 0 aromatic heterocycles. The van der Waals surface area contributed by atoms with Crippen molar-refractivity contribution < 1.29 is 19.2 Å². The summed E-state index contributed by atoms with van der Waals surface area (Å²) in [5.41, 5.74) is 2.81.